The molecule has 6 heteroatoms. The molecule has 1 saturated carbocycles. The summed E-state index contributed by atoms with van der Waals surface area (Å²) in [4.78, 5) is 12.2. The van der Waals surface area contributed by atoms with E-state index in [4.69, 9.17) is 16.3 Å². The van der Waals surface area contributed by atoms with Crippen molar-refractivity contribution in [1.82, 2.24) is 0 Å². The first kappa shape index (κ1) is 20.0. The smallest absolute Gasteiger partial charge is 0.416 e. The van der Waals surface area contributed by atoms with Crippen LogP contribution in [0.2, 0.25) is 5.02 Å². The van der Waals surface area contributed by atoms with Crippen molar-refractivity contribution in [3.05, 3.63) is 75.3 Å². The van der Waals surface area contributed by atoms with Gasteiger partial charge in [-0.2, -0.15) is 13.2 Å². The van der Waals surface area contributed by atoms with Gasteiger partial charge >= 0.3 is 6.18 Å². The number of hydrogen-bond donors (Lipinski definition) is 0. The maximum atomic E-state index is 13.0. The highest BCUT2D eigenvalue weighted by Gasteiger charge is 2.41. The lowest BCUT2D eigenvalue weighted by molar-refractivity contribution is -0.137. The fraction of sp³-hybridized carbons (Fsp3) is 0.348. The van der Waals surface area contributed by atoms with Gasteiger partial charge in [0.2, 0.25) is 0 Å². The number of fused-ring (bicyclic) bond motifs is 3. The van der Waals surface area contributed by atoms with Crippen LogP contribution in [0, 0.1) is 12.8 Å². The monoisotopic (exact) mass is 420 g/mol. The molecule has 0 spiro atoms. The Morgan fingerprint density at radius 2 is 1.97 bits per heavy atom. The largest absolute Gasteiger partial charge is 0.489 e. The number of ether oxygens (including phenoxy) is 1. The van der Waals surface area contributed by atoms with Crippen LogP contribution in [0.15, 0.2) is 42.5 Å². The van der Waals surface area contributed by atoms with Crippen molar-refractivity contribution in [1.29, 1.82) is 0 Å². The Bertz CT molecular complexity index is 1010. The third-order valence-electron chi connectivity index (χ3n) is 6.10. The third kappa shape index (κ3) is 3.57. The minimum atomic E-state index is -4.44. The molecule has 0 saturated heterocycles. The molecular weight excluding hydrogens is 401 g/mol. The number of hydrogen-bond acceptors (Lipinski definition) is 2. The number of rotatable bonds is 3. The van der Waals surface area contributed by atoms with Crippen molar-refractivity contribution in [3.8, 4) is 5.75 Å². The molecule has 0 heterocycles. The lowest BCUT2D eigenvalue weighted by Crippen LogP contribution is -2.18. The van der Waals surface area contributed by atoms with Gasteiger partial charge in [-0.3, -0.25) is 4.79 Å². The van der Waals surface area contributed by atoms with E-state index in [-0.39, 0.29) is 34.8 Å². The van der Waals surface area contributed by atoms with E-state index in [0.29, 0.717) is 17.7 Å². The molecular formula is C23H20ClF3O2. The van der Waals surface area contributed by atoms with Crippen LogP contribution in [0.25, 0.3) is 0 Å². The molecule has 2 aromatic carbocycles. The molecule has 1 fully saturated rings. The summed E-state index contributed by atoms with van der Waals surface area (Å²) >= 11 is 6.08. The van der Waals surface area contributed by atoms with Gasteiger partial charge in [0.15, 0.2) is 5.78 Å². The minimum absolute atomic E-state index is 0.0673. The van der Waals surface area contributed by atoms with Crippen LogP contribution < -0.4 is 4.74 Å². The second-order valence-electron chi connectivity index (χ2n) is 7.76. The first-order valence-electron chi connectivity index (χ1n) is 9.49. The van der Waals surface area contributed by atoms with E-state index in [0.717, 1.165) is 36.1 Å². The van der Waals surface area contributed by atoms with E-state index >= 15 is 0 Å². The molecule has 4 rings (SSSR count). The highest BCUT2D eigenvalue weighted by Crippen LogP contribution is 2.49. The number of benzene rings is 2. The predicted octanol–water partition coefficient (Wildman–Crippen LogP) is 6.42. The molecule has 152 valence electrons. The molecule has 0 amide bonds. The number of Topliss-reactive ketones (excluding diaryl/α,β-unsaturated/α-hetero) is 1. The van der Waals surface area contributed by atoms with Gasteiger partial charge in [-0.1, -0.05) is 24.2 Å². The number of ketones is 1. The van der Waals surface area contributed by atoms with Gasteiger partial charge in [-0.25, -0.2) is 0 Å². The zero-order chi connectivity index (χ0) is 20.9. The molecule has 2 nitrogen and oxygen atoms in total. The fourth-order valence-electron chi connectivity index (χ4n) is 4.58. The van der Waals surface area contributed by atoms with E-state index in [1.165, 1.54) is 11.6 Å². The second kappa shape index (κ2) is 7.21. The molecule has 0 aliphatic heterocycles. The van der Waals surface area contributed by atoms with Crippen LogP contribution in [0.3, 0.4) is 0 Å². The topological polar surface area (TPSA) is 26.3 Å². The molecule has 29 heavy (non-hydrogen) atoms. The van der Waals surface area contributed by atoms with Crippen molar-refractivity contribution in [3.63, 3.8) is 0 Å². The maximum absolute atomic E-state index is 13.0. The van der Waals surface area contributed by atoms with Gasteiger partial charge in [0.25, 0.3) is 0 Å². The zero-order valence-corrected chi connectivity index (χ0v) is 16.7. The Labute approximate surface area is 172 Å². The number of aryl methyl sites for hydroxylation is 1. The Hall–Kier alpha value is -2.27. The van der Waals surface area contributed by atoms with E-state index in [2.05, 4.69) is 6.58 Å². The highest BCUT2D eigenvalue weighted by atomic mass is 35.5. The van der Waals surface area contributed by atoms with E-state index in [9.17, 15) is 18.0 Å². The summed E-state index contributed by atoms with van der Waals surface area (Å²) < 4.78 is 44.8. The molecule has 0 bridgehead atoms. The highest BCUT2D eigenvalue weighted by molar-refractivity contribution is 6.31. The van der Waals surface area contributed by atoms with Crippen molar-refractivity contribution in [2.75, 3.05) is 0 Å². The first-order chi connectivity index (χ1) is 13.7. The van der Waals surface area contributed by atoms with Gasteiger partial charge in [-0.15, -0.1) is 0 Å². The second-order valence-corrected chi connectivity index (χ2v) is 8.17. The fourth-order valence-corrected chi connectivity index (χ4v) is 4.76. The molecule has 0 unspecified atom stereocenters. The van der Waals surface area contributed by atoms with Crippen LogP contribution in [0.5, 0.6) is 5.75 Å². The Balaban J connectivity index is 1.61. The summed E-state index contributed by atoms with van der Waals surface area (Å²) in [7, 11) is 0. The quantitative estimate of drug-likeness (QED) is 0.535. The van der Waals surface area contributed by atoms with Gasteiger partial charge in [0.05, 0.1) is 5.56 Å². The van der Waals surface area contributed by atoms with Crippen LogP contribution in [0.1, 0.15) is 46.6 Å². The lowest BCUT2D eigenvalue weighted by atomic mass is 9.74. The molecule has 0 N–H and O–H groups in total. The van der Waals surface area contributed by atoms with Gasteiger partial charge in [0, 0.05) is 17.0 Å². The van der Waals surface area contributed by atoms with Crippen LogP contribution in [-0.4, -0.2) is 5.78 Å². The van der Waals surface area contributed by atoms with Gasteiger partial charge < -0.3 is 4.74 Å². The van der Waals surface area contributed by atoms with Crippen LogP contribution in [-0.2, 0) is 24.0 Å². The summed E-state index contributed by atoms with van der Waals surface area (Å²) in [5, 5.41) is 0.228. The Morgan fingerprint density at radius 1 is 1.21 bits per heavy atom. The summed E-state index contributed by atoms with van der Waals surface area (Å²) in [6.45, 7) is 5.84. The van der Waals surface area contributed by atoms with Crippen molar-refractivity contribution < 1.29 is 22.7 Å². The van der Waals surface area contributed by atoms with Crippen LogP contribution >= 0.6 is 11.6 Å². The summed E-state index contributed by atoms with van der Waals surface area (Å²) in [5.74, 6) is 0.999. The number of allylic oxidation sites excluding steroid dienone is 1. The predicted molar refractivity (Wildman–Crippen MR) is 105 cm³/mol. The molecule has 2 aliphatic carbocycles. The third-order valence-corrected chi connectivity index (χ3v) is 6.47. The average Bonchev–Trinajstić information content (AvgIpc) is 2.95. The molecule has 2 aromatic rings. The van der Waals surface area contributed by atoms with Gasteiger partial charge in [-0.05, 0) is 78.1 Å². The van der Waals surface area contributed by atoms with E-state index in [1.54, 1.807) is 0 Å². The summed E-state index contributed by atoms with van der Waals surface area (Å²) in [6, 6.07) is 7.06. The van der Waals surface area contributed by atoms with E-state index in [1.807, 2.05) is 19.1 Å². The van der Waals surface area contributed by atoms with Gasteiger partial charge in [0.1, 0.15) is 12.4 Å². The number of carbonyl (C=O) groups is 1. The molecule has 2 aliphatic rings. The maximum Gasteiger partial charge on any atom is 0.416 e. The number of carbonyl (C=O) groups excluding carboxylic acids is 1. The standard InChI is InChI=1S/C23H20ClF3O2/c1-12-17-6-3-14-4-8-21(13(2)22(14)18(17)10-20(12)28)29-11-15-9-16(23(25,26)27)5-7-19(15)24/h4-5,7-9,17-18H,1,3,6,10-11H2,2H3/t17-,18+/m0/s1. The van der Waals surface area contributed by atoms with Crippen LogP contribution in [0.4, 0.5) is 13.2 Å². The number of alkyl halides is 3. The molecule has 0 aromatic heterocycles. The Morgan fingerprint density at radius 3 is 2.69 bits per heavy atom. The Kier molecular flexibility index (Phi) is 4.97. The average molecular weight is 421 g/mol. The minimum Gasteiger partial charge on any atom is -0.489 e. The van der Waals surface area contributed by atoms with E-state index < -0.39 is 11.7 Å². The summed E-state index contributed by atoms with van der Waals surface area (Å²) in [5.41, 5.74) is 3.50. The SMILES string of the molecule is C=C1C(=O)C[C@H]2c3c(ccc(OCc4cc(C(F)(F)F)ccc4Cl)c3C)CC[C@@H]12. The molecule has 2 atom stereocenters. The molecule has 0 radical (unpaired) electrons. The van der Waals surface area contributed by atoms with Crippen molar-refractivity contribution in [2.45, 2.75) is 44.9 Å². The summed E-state index contributed by atoms with van der Waals surface area (Å²) in [6.07, 6.45) is -2.18. The van der Waals surface area contributed by atoms with Crippen molar-refractivity contribution in [2.24, 2.45) is 5.92 Å². The van der Waals surface area contributed by atoms with Crippen molar-refractivity contribution >= 4 is 17.4 Å². The number of halogens is 4. The normalized spacial score (nSPS) is 21.1. The lowest BCUT2D eigenvalue weighted by Gasteiger charge is -2.30. The first-order valence-corrected chi connectivity index (χ1v) is 9.87. The zero-order valence-electron chi connectivity index (χ0n) is 15.9.